The van der Waals surface area contributed by atoms with Gasteiger partial charge in [-0.05, 0) is 32.0 Å². The van der Waals surface area contributed by atoms with E-state index in [1.807, 2.05) is 0 Å². The topological polar surface area (TPSA) is 93.8 Å². The van der Waals surface area contributed by atoms with Gasteiger partial charge in [0.15, 0.2) is 0 Å². The van der Waals surface area contributed by atoms with Crippen LogP contribution in [-0.2, 0) is 0 Å². The van der Waals surface area contributed by atoms with Gasteiger partial charge in [0.1, 0.15) is 0 Å². The highest BCUT2D eigenvalue weighted by atomic mass is 35.5. The van der Waals surface area contributed by atoms with Crippen LogP contribution in [0.25, 0.3) is 0 Å². The lowest BCUT2D eigenvalue weighted by Gasteiger charge is -2.06. The Hall–Kier alpha value is -2.21. The van der Waals surface area contributed by atoms with Crippen LogP contribution in [-0.4, -0.2) is 21.1 Å². The number of anilines is 2. The van der Waals surface area contributed by atoms with Gasteiger partial charge in [-0.15, -0.1) is 5.10 Å². The molecule has 0 aliphatic rings. The second-order valence-corrected chi connectivity index (χ2v) is 4.41. The maximum atomic E-state index is 12.0. The smallest absolute Gasteiger partial charge is 0.259 e. The molecule has 2 aromatic rings. The van der Waals surface area contributed by atoms with E-state index in [-0.39, 0.29) is 11.0 Å². The van der Waals surface area contributed by atoms with Crippen molar-refractivity contribution in [1.29, 1.82) is 0 Å². The molecule has 1 amide bonds. The van der Waals surface area contributed by atoms with E-state index >= 15 is 0 Å². The Morgan fingerprint density at radius 2 is 2.00 bits per heavy atom. The second-order valence-electron chi connectivity index (χ2n) is 4.00. The quantitative estimate of drug-likeness (QED) is 0.819. The molecule has 1 aromatic heterocycles. The first-order chi connectivity index (χ1) is 8.97. The zero-order valence-electron chi connectivity index (χ0n) is 10.4. The number of carbonyl (C=O) groups excluding carboxylic acids is 1. The lowest BCUT2D eigenvalue weighted by atomic mass is 10.2. The number of nitrogens with two attached hydrogens (primary N) is 1. The van der Waals surface area contributed by atoms with E-state index in [1.165, 1.54) is 6.07 Å². The van der Waals surface area contributed by atoms with Crippen molar-refractivity contribution in [1.82, 2.24) is 15.2 Å². The summed E-state index contributed by atoms with van der Waals surface area (Å²) in [7, 11) is 0. The fraction of sp³-hybridized carbons (Fsp3) is 0.167. The highest BCUT2D eigenvalue weighted by Gasteiger charge is 2.12. The van der Waals surface area contributed by atoms with Crippen molar-refractivity contribution in [3.05, 3.63) is 40.2 Å². The van der Waals surface area contributed by atoms with Gasteiger partial charge in [-0.3, -0.25) is 10.1 Å². The predicted molar refractivity (Wildman–Crippen MR) is 73.1 cm³/mol. The van der Waals surface area contributed by atoms with E-state index in [0.29, 0.717) is 22.6 Å². The molecule has 0 spiro atoms. The molecule has 6 nitrogen and oxygen atoms in total. The molecular weight excluding hydrogens is 266 g/mol. The molecule has 0 saturated carbocycles. The Balaban J connectivity index is 2.23. The van der Waals surface area contributed by atoms with Crippen LogP contribution >= 0.6 is 11.6 Å². The third-order valence-corrected chi connectivity index (χ3v) is 2.87. The molecule has 0 radical (unpaired) electrons. The number of nitrogen functional groups attached to an aromatic ring is 1. The molecule has 0 fully saturated rings. The number of amides is 1. The number of rotatable bonds is 2. The van der Waals surface area contributed by atoms with Crippen LogP contribution in [0.2, 0.25) is 5.02 Å². The highest BCUT2D eigenvalue weighted by molar-refractivity contribution is 6.34. The molecule has 3 N–H and O–H groups in total. The summed E-state index contributed by atoms with van der Waals surface area (Å²) in [5.41, 5.74) is 7.77. The second kappa shape index (κ2) is 5.19. The summed E-state index contributed by atoms with van der Waals surface area (Å²) in [4.78, 5) is 16.1. The minimum atomic E-state index is -0.407. The van der Waals surface area contributed by atoms with Crippen LogP contribution in [0, 0.1) is 13.8 Å². The monoisotopic (exact) mass is 277 g/mol. The predicted octanol–water partition coefficient (Wildman–Crippen LogP) is 1.98. The molecule has 0 atom stereocenters. The lowest BCUT2D eigenvalue weighted by Crippen LogP contribution is -2.16. The maximum absolute atomic E-state index is 12.0. The van der Waals surface area contributed by atoms with Crippen molar-refractivity contribution >= 4 is 29.1 Å². The van der Waals surface area contributed by atoms with Crippen LogP contribution in [0.5, 0.6) is 0 Å². The van der Waals surface area contributed by atoms with Crippen LogP contribution < -0.4 is 11.1 Å². The minimum absolute atomic E-state index is 0.140. The first-order valence-corrected chi connectivity index (χ1v) is 5.89. The van der Waals surface area contributed by atoms with E-state index in [4.69, 9.17) is 17.3 Å². The van der Waals surface area contributed by atoms with Gasteiger partial charge in [-0.2, -0.15) is 5.10 Å². The van der Waals surface area contributed by atoms with Crippen molar-refractivity contribution < 1.29 is 4.79 Å². The largest absolute Gasteiger partial charge is 0.399 e. The Kier molecular flexibility index (Phi) is 3.62. The lowest BCUT2D eigenvalue weighted by molar-refractivity contribution is 0.102. The van der Waals surface area contributed by atoms with Crippen molar-refractivity contribution in [3.63, 3.8) is 0 Å². The van der Waals surface area contributed by atoms with Gasteiger partial charge in [0.2, 0.25) is 5.95 Å². The Labute approximate surface area is 115 Å². The summed E-state index contributed by atoms with van der Waals surface area (Å²) in [6.45, 7) is 3.58. The summed E-state index contributed by atoms with van der Waals surface area (Å²) in [5.74, 6) is -0.268. The number of nitrogens with zero attached hydrogens (tertiary/aromatic N) is 3. The van der Waals surface area contributed by atoms with E-state index < -0.39 is 5.91 Å². The Morgan fingerprint density at radius 3 is 2.63 bits per heavy atom. The number of benzene rings is 1. The Morgan fingerprint density at radius 1 is 1.26 bits per heavy atom. The molecule has 0 bridgehead atoms. The summed E-state index contributed by atoms with van der Waals surface area (Å²) in [6, 6.07) is 4.65. The van der Waals surface area contributed by atoms with Gasteiger partial charge < -0.3 is 5.73 Å². The molecule has 1 heterocycles. The average Bonchev–Trinajstić information content (AvgIpc) is 2.33. The number of nitrogens with one attached hydrogen (secondary N) is 1. The minimum Gasteiger partial charge on any atom is -0.399 e. The third kappa shape index (κ3) is 2.97. The van der Waals surface area contributed by atoms with Crippen molar-refractivity contribution in [2.75, 3.05) is 11.1 Å². The van der Waals surface area contributed by atoms with Gasteiger partial charge in [0, 0.05) is 5.69 Å². The first kappa shape index (κ1) is 13.2. The fourth-order valence-electron chi connectivity index (χ4n) is 1.39. The van der Waals surface area contributed by atoms with E-state index in [9.17, 15) is 4.79 Å². The van der Waals surface area contributed by atoms with Gasteiger partial charge in [0.05, 0.1) is 22.0 Å². The average molecular weight is 278 g/mol. The van der Waals surface area contributed by atoms with E-state index in [2.05, 4.69) is 20.5 Å². The fourth-order valence-corrected chi connectivity index (χ4v) is 1.67. The van der Waals surface area contributed by atoms with Gasteiger partial charge in [0.25, 0.3) is 5.91 Å². The zero-order valence-corrected chi connectivity index (χ0v) is 11.2. The van der Waals surface area contributed by atoms with Crippen LogP contribution in [0.3, 0.4) is 0 Å². The molecule has 7 heteroatoms. The van der Waals surface area contributed by atoms with Crippen LogP contribution in [0.1, 0.15) is 21.7 Å². The molecule has 98 valence electrons. The summed E-state index contributed by atoms with van der Waals surface area (Å²) >= 11 is 5.95. The normalized spacial score (nSPS) is 10.3. The number of hydrogen-bond donors (Lipinski definition) is 2. The van der Waals surface area contributed by atoms with Crippen LogP contribution in [0.15, 0.2) is 18.2 Å². The molecule has 19 heavy (non-hydrogen) atoms. The van der Waals surface area contributed by atoms with Crippen molar-refractivity contribution in [3.8, 4) is 0 Å². The Bertz CT molecular complexity index is 644. The highest BCUT2D eigenvalue weighted by Crippen LogP contribution is 2.19. The van der Waals surface area contributed by atoms with E-state index in [0.717, 1.165) is 0 Å². The van der Waals surface area contributed by atoms with E-state index in [1.54, 1.807) is 26.0 Å². The van der Waals surface area contributed by atoms with Crippen molar-refractivity contribution in [2.45, 2.75) is 13.8 Å². The van der Waals surface area contributed by atoms with Gasteiger partial charge >= 0.3 is 0 Å². The molecular formula is C12H12ClN5O. The molecule has 0 saturated heterocycles. The number of carbonyl (C=O) groups is 1. The summed E-state index contributed by atoms with van der Waals surface area (Å²) in [5, 5.41) is 10.5. The summed E-state index contributed by atoms with van der Waals surface area (Å²) in [6.07, 6.45) is 0. The SMILES string of the molecule is Cc1nnc(NC(=O)c2ccc(N)cc2Cl)nc1C. The number of hydrogen-bond acceptors (Lipinski definition) is 5. The van der Waals surface area contributed by atoms with Crippen molar-refractivity contribution in [2.24, 2.45) is 0 Å². The third-order valence-electron chi connectivity index (χ3n) is 2.56. The zero-order chi connectivity index (χ0) is 14.0. The molecule has 0 aliphatic carbocycles. The first-order valence-electron chi connectivity index (χ1n) is 5.51. The molecule has 0 aliphatic heterocycles. The number of aromatic nitrogens is 3. The summed E-state index contributed by atoms with van der Waals surface area (Å²) < 4.78 is 0. The standard InChI is InChI=1S/C12H12ClN5O/c1-6-7(2)17-18-12(15-6)16-11(19)9-4-3-8(14)5-10(9)13/h3-5H,14H2,1-2H3,(H,15,16,18,19). The van der Waals surface area contributed by atoms with Gasteiger partial charge in [-0.1, -0.05) is 11.6 Å². The van der Waals surface area contributed by atoms with Gasteiger partial charge in [-0.25, -0.2) is 4.98 Å². The molecule has 1 aromatic carbocycles. The molecule has 2 rings (SSSR count). The molecule has 0 unspecified atom stereocenters. The van der Waals surface area contributed by atoms with Crippen LogP contribution in [0.4, 0.5) is 11.6 Å². The number of halogens is 1. The maximum Gasteiger partial charge on any atom is 0.259 e. The number of aryl methyl sites for hydroxylation is 2.